The summed E-state index contributed by atoms with van der Waals surface area (Å²) < 4.78 is 0. The average Bonchev–Trinajstić information content (AvgIpc) is 2.34. The average molecular weight is 176 g/mol. The van der Waals surface area contributed by atoms with Gasteiger partial charge >= 0.3 is 5.69 Å². The van der Waals surface area contributed by atoms with Crippen LogP contribution in [0.3, 0.4) is 0 Å². The van der Waals surface area contributed by atoms with Crippen molar-refractivity contribution in [1.82, 2.24) is 9.97 Å². The van der Waals surface area contributed by atoms with E-state index in [0.717, 1.165) is 11.4 Å². The molecule has 0 fully saturated rings. The minimum atomic E-state index is -0.154. The van der Waals surface area contributed by atoms with Crippen LogP contribution in [0.5, 0.6) is 0 Å². The third-order valence-corrected chi connectivity index (χ3v) is 2.15. The molecule has 13 heavy (non-hydrogen) atoms. The highest BCUT2D eigenvalue weighted by Crippen LogP contribution is 2.25. The van der Waals surface area contributed by atoms with Gasteiger partial charge < -0.3 is 9.97 Å². The van der Waals surface area contributed by atoms with Crippen molar-refractivity contribution in [2.24, 2.45) is 5.41 Å². The summed E-state index contributed by atoms with van der Waals surface area (Å²) in [6, 6.07) is 0. The fourth-order valence-corrected chi connectivity index (χ4v) is 1.33. The Morgan fingerprint density at radius 3 is 2.00 bits per heavy atom. The predicted molar refractivity (Wildman–Crippen MR) is 53.3 cm³/mol. The van der Waals surface area contributed by atoms with Crippen molar-refractivity contribution in [2.75, 3.05) is 0 Å². The summed E-state index contributed by atoms with van der Waals surface area (Å²) in [5, 5.41) is 0. The summed E-state index contributed by atoms with van der Waals surface area (Å²) in [4.78, 5) is 16.4. The second-order valence-corrected chi connectivity index (χ2v) is 3.89. The van der Waals surface area contributed by atoms with E-state index in [9.17, 15) is 4.79 Å². The summed E-state index contributed by atoms with van der Waals surface area (Å²) in [5.74, 6) is 0. The normalized spacial score (nSPS) is 18.3. The Hall–Kier alpha value is -1.51. The Balaban J connectivity index is 2.56. The summed E-state index contributed by atoms with van der Waals surface area (Å²) in [5.41, 5.74) is 1.61. The molecule has 0 aliphatic heterocycles. The molecule has 0 unspecified atom stereocenters. The molecule has 0 saturated carbocycles. The molecule has 0 atom stereocenters. The monoisotopic (exact) mass is 176 g/mol. The highest BCUT2D eigenvalue weighted by molar-refractivity contribution is 5.63. The Morgan fingerprint density at radius 1 is 1.08 bits per heavy atom. The zero-order valence-electron chi connectivity index (χ0n) is 7.72. The summed E-state index contributed by atoms with van der Waals surface area (Å²) in [6.45, 7) is 4.23. The Labute approximate surface area is 76.2 Å². The minimum Gasteiger partial charge on any atom is -0.306 e. The molecule has 1 aliphatic rings. The molecule has 0 amide bonds. The lowest BCUT2D eigenvalue weighted by Crippen LogP contribution is -2.03. The Bertz CT molecular complexity index is 396. The minimum absolute atomic E-state index is 0.0523. The molecule has 0 saturated heterocycles. The first-order valence-corrected chi connectivity index (χ1v) is 4.28. The first-order chi connectivity index (χ1) is 6.07. The SMILES string of the molecule is CC1(C)C=Cc2[nH]c(=O)[nH]c2C=C1. The van der Waals surface area contributed by atoms with Gasteiger partial charge in [0, 0.05) is 5.41 Å². The van der Waals surface area contributed by atoms with Crippen molar-refractivity contribution < 1.29 is 0 Å². The van der Waals surface area contributed by atoms with Crippen LogP contribution in [0.15, 0.2) is 16.9 Å². The van der Waals surface area contributed by atoms with Crippen molar-refractivity contribution in [3.05, 3.63) is 34.0 Å². The van der Waals surface area contributed by atoms with Gasteiger partial charge in [-0.3, -0.25) is 0 Å². The molecular formula is C10H12N2O. The molecule has 0 bridgehead atoms. The van der Waals surface area contributed by atoms with Crippen LogP contribution in [0, 0.1) is 5.41 Å². The zero-order chi connectivity index (χ0) is 9.47. The number of nitrogens with one attached hydrogen (secondary N) is 2. The maximum absolute atomic E-state index is 11.0. The van der Waals surface area contributed by atoms with Gasteiger partial charge in [0.05, 0.1) is 11.4 Å². The fraction of sp³-hybridized carbons (Fsp3) is 0.300. The van der Waals surface area contributed by atoms with Crippen LogP contribution in [0.4, 0.5) is 0 Å². The van der Waals surface area contributed by atoms with Gasteiger partial charge in [0.2, 0.25) is 0 Å². The molecule has 3 heteroatoms. The molecule has 1 heterocycles. The first-order valence-electron chi connectivity index (χ1n) is 4.28. The van der Waals surface area contributed by atoms with E-state index >= 15 is 0 Å². The number of hydrogen-bond acceptors (Lipinski definition) is 1. The molecule has 1 aromatic heterocycles. The summed E-state index contributed by atoms with van der Waals surface area (Å²) in [7, 11) is 0. The van der Waals surface area contributed by atoms with Crippen LogP contribution in [0.1, 0.15) is 25.2 Å². The number of aromatic nitrogens is 2. The van der Waals surface area contributed by atoms with Gasteiger partial charge in [-0.2, -0.15) is 0 Å². The fourth-order valence-electron chi connectivity index (χ4n) is 1.33. The van der Waals surface area contributed by atoms with E-state index in [2.05, 4.69) is 36.0 Å². The largest absolute Gasteiger partial charge is 0.323 e. The molecule has 68 valence electrons. The van der Waals surface area contributed by atoms with Crippen molar-refractivity contribution in [1.29, 1.82) is 0 Å². The van der Waals surface area contributed by atoms with Crippen molar-refractivity contribution in [3.8, 4) is 0 Å². The van der Waals surface area contributed by atoms with E-state index in [1.807, 2.05) is 12.2 Å². The Kier molecular flexibility index (Phi) is 1.55. The maximum atomic E-state index is 11.0. The summed E-state index contributed by atoms with van der Waals surface area (Å²) in [6.07, 6.45) is 8.01. The van der Waals surface area contributed by atoms with Crippen LogP contribution in [0.25, 0.3) is 12.2 Å². The van der Waals surface area contributed by atoms with Crippen LogP contribution in [-0.2, 0) is 0 Å². The van der Waals surface area contributed by atoms with Gasteiger partial charge in [-0.1, -0.05) is 26.0 Å². The molecule has 2 rings (SSSR count). The van der Waals surface area contributed by atoms with Gasteiger partial charge in [0.15, 0.2) is 0 Å². The highest BCUT2D eigenvalue weighted by Gasteiger charge is 2.13. The highest BCUT2D eigenvalue weighted by atomic mass is 16.1. The van der Waals surface area contributed by atoms with Crippen molar-refractivity contribution in [2.45, 2.75) is 13.8 Å². The third-order valence-electron chi connectivity index (χ3n) is 2.15. The molecule has 2 N–H and O–H groups in total. The van der Waals surface area contributed by atoms with E-state index in [1.165, 1.54) is 0 Å². The number of rotatable bonds is 0. The topological polar surface area (TPSA) is 48.6 Å². The predicted octanol–water partition coefficient (Wildman–Crippen LogP) is 1.77. The summed E-state index contributed by atoms with van der Waals surface area (Å²) >= 11 is 0. The van der Waals surface area contributed by atoms with Gasteiger partial charge in [-0.05, 0) is 12.2 Å². The van der Waals surface area contributed by atoms with Gasteiger partial charge in [0.25, 0.3) is 0 Å². The molecule has 1 aliphatic carbocycles. The standard InChI is InChI=1S/C10H12N2O/c1-10(2)5-3-7-8(4-6-10)12-9(13)11-7/h3-6H,1-2H3,(H2,11,12,13). The van der Waals surface area contributed by atoms with Crippen LogP contribution in [0.2, 0.25) is 0 Å². The molecule has 0 spiro atoms. The van der Waals surface area contributed by atoms with Crippen molar-refractivity contribution >= 4 is 12.2 Å². The third kappa shape index (κ3) is 1.49. The lowest BCUT2D eigenvalue weighted by atomic mass is 9.93. The van der Waals surface area contributed by atoms with Crippen LogP contribution in [-0.4, -0.2) is 9.97 Å². The van der Waals surface area contributed by atoms with E-state index in [0.29, 0.717) is 0 Å². The molecule has 1 aromatic rings. The zero-order valence-corrected chi connectivity index (χ0v) is 7.72. The van der Waals surface area contributed by atoms with E-state index in [4.69, 9.17) is 0 Å². The quantitative estimate of drug-likeness (QED) is 0.621. The maximum Gasteiger partial charge on any atom is 0.323 e. The van der Waals surface area contributed by atoms with Gasteiger partial charge in [0.1, 0.15) is 0 Å². The number of hydrogen-bond donors (Lipinski definition) is 2. The van der Waals surface area contributed by atoms with Crippen LogP contribution >= 0.6 is 0 Å². The second kappa shape index (κ2) is 2.49. The van der Waals surface area contributed by atoms with E-state index < -0.39 is 0 Å². The number of aromatic amines is 2. The number of allylic oxidation sites excluding steroid dienone is 2. The van der Waals surface area contributed by atoms with E-state index in [1.54, 1.807) is 0 Å². The second-order valence-electron chi connectivity index (χ2n) is 3.89. The van der Waals surface area contributed by atoms with E-state index in [-0.39, 0.29) is 11.1 Å². The molecule has 0 aromatic carbocycles. The lowest BCUT2D eigenvalue weighted by molar-refractivity contribution is 0.633. The van der Waals surface area contributed by atoms with Crippen molar-refractivity contribution in [3.63, 3.8) is 0 Å². The number of imidazole rings is 1. The number of fused-ring (bicyclic) bond motifs is 1. The lowest BCUT2D eigenvalue weighted by Gasteiger charge is -2.11. The first kappa shape index (κ1) is 8.10. The van der Waals surface area contributed by atoms with Gasteiger partial charge in [-0.15, -0.1) is 0 Å². The van der Waals surface area contributed by atoms with Crippen LogP contribution < -0.4 is 5.69 Å². The molecule has 3 nitrogen and oxygen atoms in total. The van der Waals surface area contributed by atoms with Gasteiger partial charge in [-0.25, -0.2) is 4.79 Å². The molecule has 0 radical (unpaired) electrons. The smallest absolute Gasteiger partial charge is 0.306 e. The Morgan fingerprint density at radius 2 is 1.54 bits per heavy atom. The molecular weight excluding hydrogens is 164 g/mol. The number of H-pyrrole nitrogens is 2.